The van der Waals surface area contributed by atoms with Crippen molar-refractivity contribution in [1.82, 2.24) is 0 Å². The summed E-state index contributed by atoms with van der Waals surface area (Å²) in [5.74, 6) is -0.577. The van der Waals surface area contributed by atoms with Gasteiger partial charge in [0.1, 0.15) is 18.4 Å². The molecule has 0 heterocycles. The van der Waals surface area contributed by atoms with Crippen molar-refractivity contribution in [2.75, 3.05) is 32.9 Å². The largest absolute Gasteiger partial charge is 0.386 e. The second-order valence-corrected chi connectivity index (χ2v) is 8.92. The monoisotopic (exact) mass is 352 g/mol. The van der Waals surface area contributed by atoms with Crippen LogP contribution in [-0.2, 0) is 10.1 Å². The van der Waals surface area contributed by atoms with Gasteiger partial charge in [0, 0.05) is 0 Å². The molecule has 5 nitrogen and oxygen atoms in total. The maximum Gasteiger partial charge on any atom is 0.267 e. The standard InChI is InChI=1S/C17H37NO4S/c1-4-5-6-7-8-9-10-11-12-13-14-18(2,3)15-17(19)16-23(20,21)22/h17,19H,4-16H2,1-3H3/p+1/t17-/m1/s1. The van der Waals surface area contributed by atoms with Gasteiger partial charge in [-0.05, 0) is 12.8 Å². The van der Waals surface area contributed by atoms with Gasteiger partial charge in [0.25, 0.3) is 10.1 Å². The van der Waals surface area contributed by atoms with Crippen LogP contribution in [0, 0.1) is 0 Å². The highest BCUT2D eigenvalue weighted by Crippen LogP contribution is 2.12. The van der Waals surface area contributed by atoms with Crippen LogP contribution in [0.15, 0.2) is 0 Å². The Morgan fingerprint density at radius 1 is 0.870 bits per heavy atom. The number of hydrogen-bond donors (Lipinski definition) is 2. The van der Waals surface area contributed by atoms with Crippen molar-refractivity contribution in [2.24, 2.45) is 0 Å². The summed E-state index contributed by atoms with van der Waals surface area (Å²) < 4.78 is 30.9. The molecule has 0 amide bonds. The molecule has 0 saturated heterocycles. The summed E-state index contributed by atoms with van der Waals surface area (Å²) in [6.45, 7) is 3.50. The van der Waals surface area contributed by atoms with Gasteiger partial charge in [-0.1, -0.05) is 58.3 Å². The predicted octanol–water partition coefficient (Wildman–Crippen LogP) is 3.23. The minimum atomic E-state index is -4.10. The van der Waals surface area contributed by atoms with E-state index >= 15 is 0 Å². The number of nitrogens with zero attached hydrogens (tertiary/aromatic N) is 1. The number of rotatable bonds is 15. The Bertz CT molecular complexity index is 382. The van der Waals surface area contributed by atoms with Crippen LogP contribution in [0.25, 0.3) is 0 Å². The molecule has 0 aliphatic rings. The summed E-state index contributed by atoms with van der Waals surface area (Å²) >= 11 is 0. The lowest BCUT2D eigenvalue weighted by Gasteiger charge is -2.31. The van der Waals surface area contributed by atoms with Crippen molar-refractivity contribution >= 4 is 10.1 Å². The average Bonchev–Trinajstić information content (AvgIpc) is 2.37. The highest BCUT2D eigenvalue weighted by molar-refractivity contribution is 7.85. The molecule has 0 aromatic carbocycles. The minimum absolute atomic E-state index is 0.344. The molecule has 0 fully saturated rings. The lowest BCUT2D eigenvalue weighted by atomic mass is 10.1. The van der Waals surface area contributed by atoms with Crippen LogP contribution in [-0.4, -0.2) is 61.6 Å². The summed E-state index contributed by atoms with van der Waals surface area (Å²) in [7, 11) is -0.126. The van der Waals surface area contributed by atoms with E-state index in [-0.39, 0.29) is 0 Å². The summed E-state index contributed by atoms with van der Waals surface area (Å²) in [6.07, 6.45) is 11.9. The SMILES string of the molecule is CCCCCCCCCCCC[N+](C)(C)C[C@@H](O)CS(=O)(=O)O. The molecule has 2 N–H and O–H groups in total. The molecule has 6 heteroatoms. The Kier molecular flexibility index (Phi) is 12.1. The number of hydrogen-bond acceptors (Lipinski definition) is 3. The third-order valence-corrected chi connectivity index (χ3v) is 5.03. The molecule has 140 valence electrons. The van der Waals surface area contributed by atoms with Gasteiger partial charge in [0.05, 0.1) is 20.6 Å². The third-order valence-electron chi connectivity index (χ3n) is 4.22. The Hall–Kier alpha value is -0.170. The fourth-order valence-corrected chi connectivity index (χ4v) is 3.58. The van der Waals surface area contributed by atoms with Crippen LogP contribution in [0.3, 0.4) is 0 Å². The molecular formula is C17H38NO4S+. The smallest absolute Gasteiger partial charge is 0.267 e. The van der Waals surface area contributed by atoms with E-state index in [1.165, 1.54) is 57.8 Å². The zero-order chi connectivity index (χ0) is 17.8. The van der Waals surface area contributed by atoms with Crippen molar-refractivity contribution in [3.63, 3.8) is 0 Å². The second kappa shape index (κ2) is 12.2. The van der Waals surface area contributed by atoms with Crippen LogP contribution in [0.5, 0.6) is 0 Å². The van der Waals surface area contributed by atoms with Gasteiger partial charge in [-0.2, -0.15) is 8.42 Å². The van der Waals surface area contributed by atoms with Crippen LogP contribution in [0.4, 0.5) is 0 Å². The molecule has 23 heavy (non-hydrogen) atoms. The summed E-state index contributed by atoms with van der Waals surface area (Å²) in [5.41, 5.74) is 0. The van der Waals surface area contributed by atoms with Crippen molar-refractivity contribution in [3.8, 4) is 0 Å². The second-order valence-electron chi connectivity index (χ2n) is 7.43. The first-order valence-electron chi connectivity index (χ1n) is 9.11. The molecule has 0 rings (SSSR count). The van der Waals surface area contributed by atoms with E-state index < -0.39 is 22.0 Å². The van der Waals surface area contributed by atoms with Crippen LogP contribution < -0.4 is 0 Å². The quantitative estimate of drug-likeness (QED) is 0.269. The van der Waals surface area contributed by atoms with E-state index in [4.69, 9.17) is 4.55 Å². The molecule has 1 atom stereocenters. The normalized spacial score (nSPS) is 14.1. The fraction of sp³-hybridized carbons (Fsp3) is 1.00. The number of unbranched alkanes of at least 4 members (excludes halogenated alkanes) is 9. The van der Waals surface area contributed by atoms with Crippen LogP contribution in [0.1, 0.15) is 71.1 Å². The van der Waals surface area contributed by atoms with E-state index in [0.29, 0.717) is 11.0 Å². The molecule has 0 aromatic rings. The maximum atomic E-state index is 10.8. The maximum absolute atomic E-state index is 10.8. The first kappa shape index (κ1) is 22.8. The first-order chi connectivity index (χ1) is 10.7. The molecule has 0 unspecified atom stereocenters. The van der Waals surface area contributed by atoms with Crippen molar-refractivity contribution in [1.29, 1.82) is 0 Å². The van der Waals surface area contributed by atoms with E-state index in [1.807, 2.05) is 14.1 Å². The molecule has 0 radical (unpaired) electrons. The average molecular weight is 353 g/mol. The van der Waals surface area contributed by atoms with E-state index in [1.54, 1.807) is 0 Å². The van der Waals surface area contributed by atoms with E-state index in [2.05, 4.69) is 6.92 Å². The minimum Gasteiger partial charge on any atom is -0.386 e. The lowest BCUT2D eigenvalue weighted by Crippen LogP contribution is -2.47. The number of aliphatic hydroxyl groups excluding tert-OH is 1. The summed E-state index contributed by atoms with van der Waals surface area (Å²) in [4.78, 5) is 0. The summed E-state index contributed by atoms with van der Waals surface area (Å²) in [5, 5.41) is 9.73. The van der Waals surface area contributed by atoms with Gasteiger partial charge in [-0.15, -0.1) is 0 Å². The van der Waals surface area contributed by atoms with Crippen LogP contribution in [0.2, 0.25) is 0 Å². The Labute approximate surface area is 143 Å². The molecule has 0 saturated carbocycles. The Balaban J connectivity index is 3.62. The number of quaternary nitrogens is 1. The molecule has 0 spiro atoms. The van der Waals surface area contributed by atoms with E-state index in [0.717, 1.165) is 13.0 Å². The fourth-order valence-electron chi connectivity index (χ4n) is 2.98. The molecule has 0 aromatic heterocycles. The zero-order valence-corrected chi connectivity index (χ0v) is 16.2. The highest BCUT2D eigenvalue weighted by Gasteiger charge is 2.23. The van der Waals surface area contributed by atoms with E-state index in [9.17, 15) is 13.5 Å². The Morgan fingerprint density at radius 2 is 1.30 bits per heavy atom. The van der Waals surface area contributed by atoms with Crippen LogP contribution >= 0.6 is 0 Å². The number of likely N-dealkylation sites (N-methyl/N-ethyl adjacent to an activating group) is 1. The predicted molar refractivity (Wildman–Crippen MR) is 96.1 cm³/mol. The van der Waals surface area contributed by atoms with Crippen molar-refractivity contribution < 1.29 is 22.6 Å². The summed E-state index contributed by atoms with van der Waals surface area (Å²) in [6, 6.07) is 0. The van der Waals surface area contributed by atoms with Gasteiger partial charge < -0.3 is 9.59 Å². The number of aliphatic hydroxyl groups is 1. The Morgan fingerprint density at radius 3 is 1.74 bits per heavy atom. The van der Waals surface area contributed by atoms with Gasteiger partial charge in [-0.3, -0.25) is 4.55 Å². The third kappa shape index (κ3) is 16.5. The molecule has 0 bridgehead atoms. The van der Waals surface area contributed by atoms with Crippen molar-refractivity contribution in [3.05, 3.63) is 0 Å². The lowest BCUT2D eigenvalue weighted by molar-refractivity contribution is -0.893. The first-order valence-corrected chi connectivity index (χ1v) is 10.7. The molecular weight excluding hydrogens is 314 g/mol. The van der Waals surface area contributed by atoms with Gasteiger partial charge >= 0.3 is 0 Å². The van der Waals surface area contributed by atoms with Gasteiger partial charge in [-0.25, -0.2) is 0 Å². The molecule has 0 aliphatic carbocycles. The van der Waals surface area contributed by atoms with Gasteiger partial charge in [0.2, 0.25) is 0 Å². The van der Waals surface area contributed by atoms with Crippen molar-refractivity contribution in [2.45, 2.75) is 77.2 Å². The van der Waals surface area contributed by atoms with Gasteiger partial charge in [0.15, 0.2) is 0 Å². The molecule has 0 aliphatic heterocycles. The highest BCUT2D eigenvalue weighted by atomic mass is 32.2. The zero-order valence-electron chi connectivity index (χ0n) is 15.3. The topological polar surface area (TPSA) is 74.6 Å².